The minimum Gasteiger partial charge on any atom is -0.391 e. The van der Waals surface area contributed by atoms with Gasteiger partial charge in [0.1, 0.15) is 0 Å². The minimum atomic E-state index is -0.333. The summed E-state index contributed by atoms with van der Waals surface area (Å²) in [6.45, 7) is 3.19. The van der Waals surface area contributed by atoms with Crippen LogP contribution in [0.1, 0.15) is 17.5 Å². The number of aliphatic hydroxyl groups excluding tert-OH is 1. The fraction of sp³-hybridized carbons (Fsp3) is 0.462. The summed E-state index contributed by atoms with van der Waals surface area (Å²) in [6, 6.07) is 7.93. The summed E-state index contributed by atoms with van der Waals surface area (Å²) in [5.74, 6) is 0.117. The zero-order valence-corrected chi connectivity index (χ0v) is 9.52. The highest BCUT2D eigenvalue weighted by Crippen LogP contribution is 2.13. The Kier molecular flexibility index (Phi) is 3.25. The van der Waals surface area contributed by atoms with Gasteiger partial charge in [0.25, 0.3) is 0 Å². The van der Waals surface area contributed by atoms with Crippen molar-refractivity contribution in [2.45, 2.75) is 25.9 Å². The first-order chi connectivity index (χ1) is 7.66. The molecule has 0 radical (unpaired) electrons. The molecule has 0 saturated carbocycles. The van der Waals surface area contributed by atoms with E-state index in [1.165, 1.54) is 0 Å². The van der Waals surface area contributed by atoms with Crippen LogP contribution in [0.2, 0.25) is 0 Å². The molecule has 0 spiro atoms. The molecule has 1 amide bonds. The van der Waals surface area contributed by atoms with E-state index in [-0.39, 0.29) is 12.0 Å². The fourth-order valence-corrected chi connectivity index (χ4v) is 2.05. The van der Waals surface area contributed by atoms with Crippen molar-refractivity contribution in [1.82, 2.24) is 4.90 Å². The van der Waals surface area contributed by atoms with Crippen LogP contribution in [0.25, 0.3) is 0 Å². The predicted molar refractivity (Wildman–Crippen MR) is 62.1 cm³/mol. The lowest BCUT2D eigenvalue weighted by Gasteiger charge is -2.16. The van der Waals surface area contributed by atoms with E-state index in [0.29, 0.717) is 25.9 Å². The quantitative estimate of drug-likeness (QED) is 0.810. The monoisotopic (exact) mass is 219 g/mol. The van der Waals surface area contributed by atoms with Crippen LogP contribution in [0.4, 0.5) is 0 Å². The maximum atomic E-state index is 11.9. The summed E-state index contributed by atoms with van der Waals surface area (Å²) >= 11 is 0. The highest BCUT2D eigenvalue weighted by Gasteiger charge is 2.24. The molecule has 1 aliphatic rings. The Bertz CT molecular complexity index is 389. The van der Waals surface area contributed by atoms with Crippen molar-refractivity contribution in [3.05, 3.63) is 35.4 Å². The van der Waals surface area contributed by atoms with Crippen molar-refractivity contribution in [2.24, 2.45) is 0 Å². The molecule has 86 valence electrons. The molecule has 1 fully saturated rings. The van der Waals surface area contributed by atoms with Gasteiger partial charge >= 0.3 is 0 Å². The molecule has 2 rings (SSSR count). The Balaban J connectivity index is 2.00. The van der Waals surface area contributed by atoms with Gasteiger partial charge < -0.3 is 10.0 Å². The van der Waals surface area contributed by atoms with Crippen molar-refractivity contribution in [2.75, 3.05) is 13.1 Å². The number of nitrogens with zero attached hydrogens (tertiary/aromatic N) is 1. The van der Waals surface area contributed by atoms with E-state index in [1.54, 1.807) is 4.90 Å². The van der Waals surface area contributed by atoms with Crippen LogP contribution in [0.5, 0.6) is 0 Å². The summed E-state index contributed by atoms with van der Waals surface area (Å²) in [6.07, 6.45) is 0.819. The van der Waals surface area contributed by atoms with Crippen LogP contribution in [0.15, 0.2) is 24.3 Å². The molecule has 3 nitrogen and oxygen atoms in total. The van der Waals surface area contributed by atoms with Crippen molar-refractivity contribution < 1.29 is 9.90 Å². The van der Waals surface area contributed by atoms with E-state index in [1.807, 2.05) is 31.2 Å². The van der Waals surface area contributed by atoms with Crippen molar-refractivity contribution in [3.63, 3.8) is 0 Å². The molecule has 0 bridgehead atoms. The minimum absolute atomic E-state index is 0.117. The second kappa shape index (κ2) is 4.66. The lowest BCUT2D eigenvalue weighted by molar-refractivity contribution is -0.129. The van der Waals surface area contributed by atoms with Gasteiger partial charge in [-0.25, -0.2) is 0 Å². The third kappa shape index (κ3) is 2.42. The Morgan fingerprint density at radius 1 is 1.50 bits per heavy atom. The number of likely N-dealkylation sites (tertiary alicyclic amines) is 1. The predicted octanol–water partition coefficient (Wildman–Crippen LogP) is 1.13. The van der Waals surface area contributed by atoms with Gasteiger partial charge in [-0.3, -0.25) is 4.79 Å². The molecule has 1 aliphatic heterocycles. The SMILES string of the molecule is Cc1ccccc1CC(=O)N1CCC(O)C1. The average Bonchev–Trinajstić information content (AvgIpc) is 2.68. The normalized spacial score (nSPS) is 20.1. The second-order valence-electron chi connectivity index (χ2n) is 4.39. The molecule has 1 heterocycles. The summed E-state index contributed by atoms with van der Waals surface area (Å²) in [5, 5.41) is 9.38. The Morgan fingerprint density at radius 2 is 2.25 bits per heavy atom. The lowest BCUT2D eigenvalue weighted by Crippen LogP contribution is -2.31. The largest absolute Gasteiger partial charge is 0.391 e. The number of carbonyl (C=O) groups excluding carboxylic acids is 1. The van der Waals surface area contributed by atoms with Gasteiger partial charge in [0.05, 0.1) is 12.5 Å². The number of hydrogen-bond donors (Lipinski definition) is 1. The molecular weight excluding hydrogens is 202 g/mol. The Morgan fingerprint density at radius 3 is 2.88 bits per heavy atom. The zero-order chi connectivity index (χ0) is 11.5. The summed E-state index contributed by atoms with van der Waals surface area (Å²) < 4.78 is 0. The fourth-order valence-electron chi connectivity index (χ4n) is 2.05. The van der Waals surface area contributed by atoms with Crippen LogP contribution < -0.4 is 0 Å². The number of β-amino-alcohol motifs (C(OH)–C–C–N with tert-alkyl or cyclic N) is 1. The number of amides is 1. The molecule has 16 heavy (non-hydrogen) atoms. The number of benzene rings is 1. The van der Waals surface area contributed by atoms with Gasteiger partial charge in [-0.1, -0.05) is 24.3 Å². The number of hydrogen-bond acceptors (Lipinski definition) is 2. The number of aryl methyl sites for hydroxylation is 1. The van der Waals surface area contributed by atoms with E-state index in [2.05, 4.69) is 0 Å². The molecular formula is C13H17NO2. The average molecular weight is 219 g/mol. The van der Waals surface area contributed by atoms with Crippen LogP contribution in [0.3, 0.4) is 0 Å². The first kappa shape index (κ1) is 11.1. The van der Waals surface area contributed by atoms with Crippen molar-refractivity contribution >= 4 is 5.91 Å². The van der Waals surface area contributed by atoms with Crippen LogP contribution in [-0.2, 0) is 11.2 Å². The molecule has 1 N–H and O–H groups in total. The van der Waals surface area contributed by atoms with E-state index in [4.69, 9.17) is 0 Å². The summed E-state index contributed by atoms with van der Waals surface area (Å²) in [5.41, 5.74) is 2.23. The standard InChI is InChI=1S/C13H17NO2/c1-10-4-2-3-5-11(10)8-13(16)14-7-6-12(15)9-14/h2-5,12,15H,6-9H2,1H3. The highest BCUT2D eigenvalue weighted by molar-refractivity contribution is 5.79. The summed E-state index contributed by atoms with van der Waals surface area (Å²) in [4.78, 5) is 13.7. The molecule has 0 aliphatic carbocycles. The van der Waals surface area contributed by atoms with E-state index in [9.17, 15) is 9.90 Å². The molecule has 0 aromatic heterocycles. The highest BCUT2D eigenvalue weighted by atomic mass is 16.3. The third-order valence-corrected chi connectivity index (χ3v) is 3.12. The molecule has 1 saturated heterocycles. The van der Waals surface area contributed by atoms with Crippen molar-refractivity contribution in [1.29, 1.82) is 0 Å². The molecule has 1 unspecified atom stereocenters. The van der Waals surface area contributed by atoms with Gasteiger partial charge in [0.2, 0.25) is 5.91 Å². The third-order valence-electron chi connectivity index (χ3n) is 3.12. The van der Waals surface area contributed by atoms with Gasteiger partial charge in [-0.2, -0.15) is 0 Å². The lowest BCUT2D eigenvalue weighted by atomic mass is 10.1. The van der Waals surface area contributed by atoms with Gasteiger partial charge in [0.15, 0.2) is 0 Å². The number of aliphatic hydroxyl groups is 1. The maximum absolute atomic E-state index is 11.9. The summed E-state index contributed by atoms with van der Waals surface area (Å²) in [7, 11) is 0. The molecule has 1 aromatic carbocycles. The van der Waals surface area contributed by atoms with Crippen LogP contribution in [-0.4, -0.2) is 35.1 Å². The van der Waals surface area contributed by atoms with E-state index in [0.717, 1.165) is 11.1 Å². The molecule has 1 atom stereocenters. The van der Waals surface area contributed by atoms with Gasteiger partial charge in [0, 0.05) is 13.1 Å². The maximum Gasteiger partial charge on any atom is 0.227 e. The number of carbonyl (C=O) groups is 1. The van der Waals surface area contributed by atoms with E-state index >= 15 is 0 Å². The first-order valence-electron chi connectivity index (χ1n) is 5.67. The Labute approximate surface area is 95.7 Å². The van der Waals surface area contributed by atoms with Gasteiger partial charge in [-0.05, 0) is 24.5 Å². The second-order valence-corrected chi connectivity index (χ2v) is 4.39. The van der Waals surface area contributed by atoms with Crippen LogP contribution in [0, 0.1) is 6.92 Å². The first-order valence-corrected chi connectivity index (χ1v) is 5.67. The smallest absolute Gasteiger partial charge is 0.227 e. The van der Waals surface area contributed by atoms with Crippen LogP contribution >= 0.6 is 0 Å². The van der Waals surface area contributed by atoms with Crippen molar-refractivity contribution in [3.8, 4) is 0 Å². The van der Waals surface area contributed by atoms with Gasteiger partial charge in [-0.15, -0.1) is 0 Å². The number of rotatable bonds is 2. The zero-order valence-electron chi connectivity index (χ0n) is 9.52. The molecule has 1 aromatic rings. The van der Waals surface area contributed by atoms with E-state index < -0.39 is 0 Å². The topological polar surface area (TPSA) is 40.5 Å². The Hall–Kier alpha value is -1.35. The molecule has 3 heteroatoms.